The van der Waals surface area contributed by atoms with Crippen LogP contribution in [-0.4, -0.2) is 26.0 Å². The fraction of sp³-hybridized carbons (Fsp3) is 0.235. The van der Waals surface area contributed by atoms with Gasteiger partial charge in [-0.05, 0) is 12.6 Å². The van der Waals surface area contributed by atoms with Gasteiger partial charge >= 0.3 is 0 Å². The quantitative estimate of drug-likeness (QED) is 0.819. The molecule has 0 amide bonds. The average molecular weight is 269 g/mol. The van der Waals surface area contributed by atoms with Gasteiger partial charge in [-0.2, -0.15) is 0 Å². The molecule has 2 rings (SSSR count). The lowest BCUT2D eigenvalue weighted by Crippen LogP contribution is -2.40. The lowest BCUT2D eigenvalue weighted by Gasteiger charge is -2.25. The van der Waals surface area contributed by atoms with E-state index in [1.165, 1.54) is 0 Å². The molecule has 2 aromatic rings. The van der Waals surface area contributed by atoms with Crippen molar-refractivity contribution in [2.45, 2.75) is 12.1 Å². The zero-order valence-corrected chi connectivity index (χ0v) is 11.7. The summed E-state index contributed by atoms with van der Waals surface area (Å²) in [7, 11) is 3.40. The van der Waals surface area contributed by atoms with Gasteiger partial charge in [0, 0.05) is 12.7 Å². The SMILES string of the molecule is CN[C@@H](C(=O)c1ccccc1)[C@H](OC)c1ccccc1. The van der Waals surface area contributed by atoms with Crippen LogP contribution >= 0.6 is 0 Å². The summed E-state index contributed by atoms with van der Waals surface area (Å²) >= 11 is 0. The van der Waals surface area contributed by atoms with Crippen LogP contribution in [0.2, 0.25) is 0 Å². The van der Waals surface area contributed by atoms with Crippen molar-refractivity contribution in [3.05, 3.63) is 71.8 Å². The summed E-state index contributed by atoms with van der Waals surface area (Å²) in [6, 6.07) is 18.6. The van der Waals surface area contributed by atoms with Crippen LogP contribution in [0.5, 0.6) is 0 Å². The minimum absolute atomic E-state index is 0.0313. The van der Waals surface area contributed by atoms with E-state index in [0.29, 0.717) is 5.56 Å². The lowest BCUT2D eigenvalue weighted by molar-refractivity contribution is 0.0565. The minimum Gasteiger partial charge on any atom is -0.375 e. The largest absolute Gasteiger partial charge is 0.375 e. The average Bonchev–Trinajstić information content (AvgIpc) is 2.53. The maximum absolute atomic E-state index is 12.6. The van der Waals surface area contributed by atoms with Crippen molar-refractivity contribution < 1.29 is 9.53 Å². The van der Waals surface area contributed by atoms with Crippen LogP contribution in [0.15, 0.2) is 60.7 Å². The molecular formula is C17H19NO2. The van der Waals surface area contributed by atoms with Gasteiger partial charge in [-0.1, -0.05) is 60.7 Å². The number of likely N-dealkylation sites (N-methyl/N-ethyl adjacent to an activating group) is 1. The van der Waals surface area contributed by atoms with Gasteiger partial charge in [0.05, 0.1) is 0 Å². The smallest absolute Gasteiger partial charge is 0.182 e. The topological polar surface area (TPSA) is 38.3 Å². The zero-order valence-electron chi connectivity index (χ0n) is 11.7. The summed E-state index contributed by atoms with van der Waals surface area (Å²) in [6.07, 6.45) is -0.311. The minimum atomic E-state index is -0.412. The second-order valence-electron chi connectivity index (χ2n) is 4.56. The number of methoxy groups -OCH3 is 1. The highest BCUT2D eigenvalue weighted by atomic mass is 16.5. The third-order valence-corrected chi connectivity index (χ3v) is 3.34. The molecule has 20 heavy (non-hydrogen) atoms. The second kappa shape index (κ2) is 6.98. The normalized spacial score (nSPS) is 13.7. The number of rotatable bonds is 6. The maximum Gasteiger partial charge on any atom is 0.182 e. The Morgan fingerprint density at radius 2 is 1.55 bits per heavy atom. The van der Waals surface area contributed by atoms with Crippen LogP contribution in [-0.2, 0) is 4.74 Å². The third-order valence-electron chi connectivity index (χ3n) is 3.34. The van der Waals surface area contributed by atoms with Crippen LogP contribution in [0, 0.1) is 0 Å². The molecule has 1 N–H and O–H groups in total. The van der Waals surface area contributed by atoms with E-state index in [2.05, 4.69) is 5.32 Å². The van der Waals surface area contributed by atoms with E-state index in [0.717, 1.165) is 5.56 Å². The first-order valence-electron chi connectivity index (χ1n) is 6.62. The number of Topliss-reactive ketones (excluding diaryl/α,β-unsaturated/α-hetero) is 1. The van der Waals surface area contributed by atoms with E-state index in [4.69, 9.17) is 4.74 Å². The molecule has 0 aliphatic heterocycles. The molecule has 0 radical (unpaired) electrons. The number of carbonyl (C=O) groups is 1. The number of carbonyl (C=O) groups excluding carboxylic acids is 1. The molecule has 104 valence electrons. The van der Waals surface area contributed by atoms with Crippen molar-refractivity contribution in [3.8, 4) is 0 Å². The Balaban J connectivity index is 2.29. The molecular weight excluding hydrogens is 250 g/mol. The molecule has 0 spiro atoms. The Kier molecular flexibility index (Phi) is 5.04. The molecule has 0 aliphatic rings. The summed E-state index contributed by atoms with van der Waals surface area (Å²) in [5, 5.41) is 3.08. The van der Waals surface area contributed by atoms with Gasteiger partial charge < -0.3 is 10.1 Å². The molecule has 0 bridgehead atoms. The summed E-state index contributed by atoms with van der Waals surface area (Å²) in [5.41, 5.74) is 1.67. The molecule has 0 saturated carbocycles. The Morgan fingerprint density at radius 3 is 2.05 bits per heavy atom. The molecule has 0 fully saturated rings. The predicted octanol–water partition coefficient (Wildman–Crippen LogP) is 2.85. The molecule has 0 aromatic heterocycles. The van der Waals surface area contributed by atoms with Crippen molar-refractivity contribution in [1.82, 2.24) is 5.32 Å². The second-order valence-corrected chi connectivity index (χ2v) is 4.56. The van der Waals surface area contributed by atoms with Crippen molar-refractivity contribution >= 4 is 5.78 Å². The number of ether oxygens (including phenoxy) is 1. The first-order chi connectivity index (χ1) is 9.77. The Labute approximate surface area is 119 Å². The van der Waals surface area contributed by atoms with Crippen LogP contribution in [0.3, 0.4) is 0 Å². The van der Waals surface area contributed by atoms with Crippen molar-refractivity contribution in [1.29, 1.82) is 0 Å². The Morgan fingerprint density at radius 1 is 1.00 bits per heavy atom. The molecule has 0 unspecified atom stereocenters. The number of nitrogens with one attached hydrogen (secondary N) is 1. The lowest BCUT2D eigenvalue weighted by atomic mass is 9.95. The van der Waals surface area contributed by atoms with Crippen LogP contribution < -0.4 is 5.32 Å². The summed E-state index contributed by atoms with van der Waals surface area (Å²) in [6.45, 7) is 0. The number of benzene rings is 2. The Hall–Kier alpha value is -1.97. The van der Waals surface area contributed by atoms with E-state index in [1.807, 2.05) is 60.7 Å². The standard InChI is InChI=1S/C17H19NO2/c1-18-15(16(19)13-9-5-3-6-10-13)17(20-2)14-11-7-4-8-12-14/h3-12,15,17-18H,1-2H3/t15-,17+/m0/s1. The van der Waals surface area contributed by atoms with Crippen molar-refractivity contribution in [3.63, 3.8) is 0 Å². The van der Waals surface area contributed by atoms with Gasteiger partial charge in [0.1, 0.15) is 12.1 Å². The van der Waals surface area contributed by atoms with Gasteiger partial charge in [-0.25, -0.2) is 0 Å². The summed E-state index contributed by atoms with van der Waals surface area (Å²) in [4.78, 5) is 12.6. The number of ketones is 1. The molecule has 3 heteroatoms. The van der Waals surface area contributed by atoms with Crippen LogP contribution in [0.1, 0.15) is 22.0 Å². The zero-order chi connectivity index (χ0) is 14.4. The third kappa shape index (κ3) is 3.13. The van der Waals surface area contributed by atoms with Gasteiger partial charge in [-0.15, -0.1) is 0 Å². The first-order valence-corrected chi connectivity index (χ1v) is 6.62. The molecule has 2 atom stereocenters. The molecule has 0 aliphatic carbocycles. The number of hydrogen-bond donors (Lipinski definition) is 1. The first kappa shape index (κ1) is 14.4. The maximum atomic E-state index is 12.6. The van der Waals surface area contributed by atoms with Gasteiger partial charge in [-0.3, -0.25) is 4.79 Å². The van der Waals surface area contributed by atoms with Crippen molar-refractivity contribution in [2.24, 2.45) is 0 Å². The van der Waals surface area contributed by atoms with Gasteiger partial charge in [0.15, 0.2) is 5.78 Å². The van der Waals surface area contributed by atoms with E-state index in [9.17, 15) is 4.79 Å². The monoisotopic (exact) mass is 269 g/mol. The van der Waals surface area contributed by atoms with Gasteiger partial charge in [0.2, 0.25) is 0 Å². The Bertz CT molecular complexity index is 539. The van der Waals surface area contributed by atoms with Crippen LogP contribution in [0.25, 0.3) is 0 Å². The fourth-order valence-electron chi connectivity index (χ4n) is 2.31. The van der Waals surface area contributed by atoms with E-state index in [-0.39, 0.29) is 11.9 Å². The van der Waals surface area contributed by atoms with Crippen molar-refractivity contribution in [2.75, 3.05) is 14.2 Å². The fourth-order valence-corrected chi connectivity index (χ4v) is 2.31. The van der Waals surface area contributed by atoms with E-state index in [1.54, 1.807) is 14.2 Å². The van der Waals surface area contributed by atoms with E-state index < -0.39 is 6.04 Å². The molecule has 2 aromatic carbocycles. The molecule has 0 heterocycles. The highest BCUT2D eigenvalue weighted by molar-refractivity contribution is 6.00. The highest BCUT2D eigenvalue weighted by Gasteiger charge is 2.28. The summed E-state index contributed by atoms with van der Waals surface area (Å²) < 4.78 is 5.55. The van der Waals surface area contributed by atoms with E-state index >= 15 is 0 Å². The molecule has 0 saturated heterocycles. The summed E-state index contributed by atoms with van der Waals surface area (Å²) in [5.74, 6) is 0.0313. The van der Waals surface area contributed by atoms with Gasteiger partial charge in [0.25, 0.3) is 0 Å². The molecule has 3 nitrogen and oxygen atoms in total. The predicted molar refractivity (Wildman–Crippen MR) is 79.8 cm³/mol. The highest BCUT2D eigenvalue weighted by Crippen LogP contribution is 2.23. The number of hydrogen-bond acceptors (Lipinski definition) is 3. The van der Waals surface area contributed by atoms with Crippen LogP contribution in [0.4, 0.5) is 0 Å².